The first-order valence-electron chi connectivity index (χ1n) is 6.85. The molecule has 0 saturated carbocycles. The molecule has 134 valence electrons. The summed E-state index contributed by atoms with van der Waals surface area (Å²) < 4.78 is 52.2. The normalized spacial score (nSPS) is 17.1. The van der Waals surface area contributed by atoms with Gasteiger partial charge in [0.1, 0.15) is 12.0 Å². The molecule has 0 bridgehead atoms. The Kier molecular flexibility index (Phi) is 6.70. The van der Waals surface area contributed by atoms with Gasteiger partial charge in [0.2, 0.25) is 0 Å². The van der Waals surface area contributed by atoms with Gasteiger partial charge in [0.25, 0.3) is 5.91 Å². The van der Waals surface area contributed by atoms with Crippen LogP contribution in [0.1, 0.15) is 15.9 Å². The molecule has 1 unspecified atom stereocenters. The summed E-state index contributed by atoms with van der Waals surface area (Å²) in [4.78, 5) is 25.7. The van der Waals surface area contributed by atoms with Crippen molar-refractivity contribution in [2.45, 2.75) is 12.3 Å². The maximum atomic E-state index is 13.3. The molecular weight excluding hydrogens is 354 g/mol. The first kappa shape index (κ1) is 20.3. The second-order valence-electron chi connectivity index (χ2n) is 5.14. The number of carbonyl (C=O) groups excluding carboxylic acids is 2. The lowest BCUT2D eigenvalue weighted by Crippen LogP contribution is -2.55. The summed E-state index contributed by atoms with van der Waals surface area (Å²) in [6, 6.07) is 1.82. The van der Waals surface area contributed by atoms with E-state index < -0.39 is 35.2 Å². The Morgan fingerprint density at radius 3 is 2.29 bits per heavy atom. The number of nitrogens with zero attached hydrogens (tertiary/aromatic N) is 2. The summed E-state index contributed by atoms with van der Waals surface area (Å²) >= 11 is 0. The first-order valence-corrected chi connectivity index (χ1v) is 6.85. The Hall–Kier alpha value is -1.71. The summed E-state index contributed by atoms with van der Waals surface area (Å²) in [6.45, 7) is 0.715. The van der Waals surface area contributed by atoms with Gasteiger partial charge in [-0.15, -0.1) is 12.4 Å². The predicted octanol–water partition coefficient (Wildman–Crippen LogP) is 1.51. The number of piperazine rings is 1. The van der Waals surface area contributed by atoms with E-state index in [2.05, 4.69) is 0 Å². The van der Waals surface area contributed by atoms with Gasteiger partial charge in [-0.25, -0.2) is 4.39 Å². The standard InChI is InChI=1S/C14H15F4N3O2.ClH/c15-9-1-2-11(14(16,17)18)10(7-9)13(23)21-5-3-20(4-6-21)12(19)8-22;/h1-2,7-8,12H,3-6,19H2;1H. The van der Waals surface area contributed by atoms with Gasteiger partial charge in [0.15, 0.2) is 6.29 Å². The van der Waals surface area contributed by atoms with Crippen LogP contribution in [0.25, 0.3) is 0 Å². The van der Waals surface area contributed by atoms with Crippen molar-refractivity contribution < 1.29 is 27.2 Å². The molecule has 1 atom stereocenters. The molecule has 1 heterocycles. The van der Waals surface area contributed by atoms with Crippen molar-refractivity contribution in [2.75, 3.05) is 26.2 Å². The van der Waals surface area contributed by atoms with E-state index >= 15 is 0 Å². The zero-order valence-electron chi connectivity index (χ0n) is 12.4. The van der Waals surface area contributed by atoms with Crippen LogP contribution in [0.4, 0.5) is 17.6 Å². The topological polar surface area (TPSA) is 66.6 Å². The van der Waals surface area contributed by atoms with E-state index in [1.807, 2.05) is 0 Å². The van der Waals surface area contributed by atoms with Crippen LogP contribution in [0.2, 0.25) is 0 Å². The summed E-state index contributed by atoms with van der Waals surface area (Å²) in [5, 5.41) is 0. The number of rotatable bonds is 3. The van der Waals surface area contributed by atoms with Crippen LogP contribution in [0.15, 0.2) is 18.2 Å². The van der Waals surface area contributed by atoms with Crippen LogP contribution in [0.3, 0.4) is 0 Å². The molecule has 0 spiro atoms. The average Bonchev–Trinajstić information content (AvgIpc) is 2.52. The predicted molar refractivity (Wildman–Crippen MR) is 80.2 cm³/mol. The Labute approximate surface area is 141 Å². The van der Waals surface area contributed by atoms with E-state index in [1.54, 1.807) is 4.90 Å². The van der Waals surface area contributed by atoms with Crippen molar-refractivity contribution in [3.63, 3.8) is 0 Å². The fourth-order valence-electron chi connectivity index (χ4n) is 2.42. The second kappa shape index (κ2) is 7.91. The minimum Gasteiger partial charge on any atom is -0.336 e. The Balaban J connectivity index is 0.00000288. The maximum absolute atomic E-state index is 13.3. The number of benzene rings is 1. The molecule has 24 heavy (non-hydrogen) atoms. The molecular formula is C14H16ClF4N3O2. The highest BCUT2D eigenvalue weighted by molar-refractivity contribution is 5.96. The summed E-state index contributed by atoms with van der Waals surface area (Å²) in [6.07, 6.45) is -5.02. The lowest BCUT2D eigenvalue weighted by molar-refractivity contribution is -0.138. The number of carbonyl (C=O) groups is 2. The van der Waals surface area contributed by atoms with E-state index in [0.717, 1.165) is 0 Å². The van der Waals surface area contributed by atoms with Crippen molar-refractivity contribution in [3.8, 4) is 0 Å². The first-order chi connectivity index (χ1) is 10.7. The summed E-state index contributed by atoms with van der Waals surface area (Å²) in [5.74, 6) is -1.81. The molecule has 2 N–H and O–H groups in total. The molecule has 5 nitrogen and oxygen atoms in total. The molecule has 1 fully saturated rings. The Bertz CT molecular complexity index is 604. The molecule has 2 rings (SSSR count). The quantitative estimate of drug-likeness (QED) is 0.648. The Morgan fingerprint density at radius 1 is 1.21 bits per heavy atom. The highest BCUT2D eigenvalue weighted by Crippen LogP contribution is 2.33. The number of amides is 1. The maximum Gasteiger partial charge on any atom is 0.417 e. The SMILES string of the molecule is Cl.NC(C=O)N1CCN(C(=O)c2cc(F)ccc2C(F)(F)F)CC1. The van der Waals surface area contributed by atoms with Crippen molar-refractivity contribution in [1.82, 2.24) is 9.80 Å². The van der Waals surface area contributed by atoms with E-state index in [1.165, 1.54) is 4.90 Å². The fourth-order valence-corrected chi connectivity index (χ4v) is 2.42. The average molecular weight is 370 g/mol. The summed E-state index contributed by atoms with van der Waals surface area (Å²) in [5.41, 5.74) is 3.65. The van der Waals surface area contributed by atoms with Crippen LogP contribution in [0, 0.1) is 5.82 Å². The van der Waals surface area contributed by atoms with Crippen LogP contribution >= 0.6 is 12.4 Å². The molecule has 0 aromatic heterocycles. The number of hydrogen-bond acceptors (Lipinski definition) is 4. The lowest BCUT2D eigenvalue weighted by atomic mass is 10.0. The van der Waals surface area contributed by atoms with Crippen molar-refractivity contribution in [2.24, 2.45) is 5.73 Å². The van der Waals surface area contributed by atoms with E-state index in [0.29, 0.717) is 24.5 Å². The van der Waals surface area contributed by atoms with Crippen LogP contribution < -0.4 is 5.73 Å². The minimum absolute atomic E-state index is 0. The van der Waals surface area contributed by atoms with Gasteiger partial charge in [-0.2, -0.15) is 13.2 Å². The van der Waals surface area contributed by atoms with Crippen LogP contribution in [-0.2, 0) is 11.0 Å². The third kappa shape index (κ3) is 4.43. The molecule has 1 aliphatic heterocycles. The van der Waals surface area contributed by atoms with Gasteiger partial charge in [-0.1, -0.05) is 0 Å². The molecule has 1 aromatic rings. The molecule has 1 aliphatic rings. The molecule has 10 heteroatoms. The van der Waals surface area contributed by atoms with E-state index in [9.17, 15) is 27.2 Å². The third-order valence-electron chi connectivity index (χ3n) is 3.68. The molecule has 1 aromatic carbocycles. The van der Waals surface area contributed by atoms with Gasteiger partial charge >= 0.3 is 6.18 Å². The van der Waals surface area contributed by atoms with E-state index in [-0.39, 0.29) is 38.6 Å². The smallest absolute Gasteiger partial charge is 0.336 e. The zero-order chi connectivity index (χ0) is 17.2. The van der Waals surface area contributed by atoms with Crippen molar-refractivity contribution in [1.29, 1.82) is 0 Å². The van der Waals surface area contributed by atoms with Gasteiger partial charge in [-0.05, 0) is 18.2 Å². The highest BCUT2D eigenvalue weighted by atomic mass is 35.5. The van der Waals surface area contributed by atoms with Crippen LogP contribution in [-0.4, -0.2) is 54.3 Å². The number of aldehydes is 1. The van der Waals surface area contributed by atoms with Crippen molar-refractivity contribution >= 4 is 24.6 Å². The molecule has 0 aliphatic carbocycles. The highest BCUT2D eigenvalue weighted by Gasteiger charge is 2.37. The second-order valence-corrected chi connectivity index (χ2v) is 5.14. The van der Waals surface area contributed by atoms with Gasteiger partial charge in [0.05, 0.1) is 11.1 Å². The molecule has 1 amide bonds. The zero-order valence-corrected chi connectivity index (χ0v) is 13.2. The van der Waals surface area contributed by atoms with Gasteiger partial charge < -0.3 is 15.4 Å². The number of nitrogens with two attached hydrogens (primary N) is 1. The molecule has 1 saturated heterocycles. The monoisotopic (exact) mass is 369 g/mol. The third-order valence-corrected chi connectivity index (χ3v) is 3.68. The van der Waals surface area contributed by atoms with Crippen LogP contribution in [0.5, 0.6) is 0 Å². The number of halogens is 5. The summed E-state index contributed by atoms with van der Waals surface area (Å²) in [7, 11) is 0. The Morgan fingerprint density at radius 2 is 1.79 bits per heavy atom. The van der Waals surface area contributed by atoms with Gasteiger partial charge in [-0.3, -0.25) is 9.69 Å². The molecule has 0 radical (unpaired) electrons. The van der Waals surface area contributed by atoms with Crippen molar-refractivity contribution in [3.05, 3.63) is 35.1 Å². The number of hydrogen-bond donors (Lipinski definition) is 1. The lowest BCUT2D eigenvalue weighted by Gasteiger charge is -2.36. The van der Waals surface area contributed by atoms with Gasteiger partial charge in [0, 0.05) is 26.2 Å². The number of alkyl halides is 3. The largest absolute Gasteiger partial charge is 0.417 e. The van der Waals surface area contributed by atoms with E-state index in [4.69, 9.17) is 5.73 Å². The minimum atomic E-state index is -4.75. The fraction of sp³-hybridized carbons (Fsp3) is 0.429.